The van der Waals surface area contributed by atoms with Gasteiger partial charge in [0.25, 0.3) is 10.2 Å². The minimum atomic E-state index is -3.41. The molecule has 0 amide bonds. The lowest BCUT2D eigenvalue weighted by Crippen LogP contribution is -2.47. The van der Waals surface area contributed by atoms with Crippen molar-refractivity contribution < 1.29 is 8.42 Å². The second kappa shape index (κ2) is 6.95. The Morgan fingerprint density at radius 2 is 2.45 bits per heavy atom. The van der Waals surface area contributed by atoms with Crippen LogP contribution in [0, 0.1) is 5.92 Å². The van der Waals surface area contributed by atoms with E-state index in [2.05, 4.69) is 9.71 Å². The Morgan fingerprint density at radius 1 is 1.65 bits per heavy atom. The maximum absolute atomic E-state index is 12.3. The minimum absolute atomic E-state index is 0.0832. The van der Waals surface area contributed by atoms with Crippen LogP contribution in [0.4, 0.5) is 0 Å². The zero-order chi connectivity index (χ0) is 14.6. The summed E-state index contributed by atoms with van der Waals surface area (Å²) in [6.45, 7) is 4.00. The van der Waals surface area contributed by atoms with Crippen LogP contribution in [0.3, 0.4) is 0 Å². The topological polar surface area (TPSA) is 88.3 Å². The van der Waals surface area contributed by atoms with E-state index < -0.39 is 10.2 Å². The molecule has 1 fully saturated rings. The maximum atomic E-state index is 12.3. The highest BCUT2D eigenvalue weighted by Gasteiger charge is 2.28. The molecule has 1 aliphatic rings. The summed E-state index contributed by atoms with van der Waals surface area (Å²) in [7, 11) is -3.41. The third-order valence-corrected chi connectivity index (χ3v) is 6.15. The molecule has 6 nitrogen and oxygen atoms in total. The molecule has 3 N–H and O–H groups in total. The van der Waals surface area contributed by atoms with Crippen LogP contribution in [-0.2, 0) is 10.2 Å². The second-order valence-electron chi connectivity index (χ2n) is 5.23. The van der Waals surface area contributed by atoms with Gasteiger partial charge in [0.05, 0.1) is 5.01 Å². The normalized spacial score (nSPS) is 22.8. The molecule has 2 heterocycles. The Bertz CT molecular complexity index is 504. The van der Waals surface area contributed by atoms with E-state index in [0.29, 0.717) is 26.2 Å². The third-order valence-electron chi connectivity index (χ3n) is 3.60. The molecule has 0 bridgehead atoms. The zero-order valence-corrected chi connectivity index (χ0v) is 13.3. The number of rotatable bonds is 6. The van der Waals surface area contributed by atoms with Crippen LogP contribution in [0.5, 0.6) is 0 Å². The maximum Gasteiger partial charge on any atom is 0.279 e. The highest BCUT2D eigenvalue weighted by atomic mass is 32.2. The van der Waals surface area contributed by atoms with Crippen LogP contribution < -0.4 is 10.5 Å². The van der Waals surface area contributed by atoms with Crippen LogP contribution in [-0.4, -0.2) is 43.9 Å². The number of hydrogen-bond acceptors (Lipinski definition) is 5. The molecular weight excluding hydrogens is 296 g/mol. The predicted octanol–water partition coefficient (Wildman–Crippen LogP) is 0.752. The molecule has 0 aromatic carbocycles. The summed E-state index contributed by atoms with van der Waals surface area (Å²) in [4.78, 5) is 4.21. The van der Waals surface area contributed by atoms with Gasteiger partial charge in [0, 0.05) is 37.1 Å². The Morgan fingerprint density at radius 3 is 3.10 bits per heavy atom. The van der Waals surface area contributed by atoms with Crippen LogP contribution in [0.2, 0.25) is 0 Å². The van der Waals surface area contributed by atoms with E-state index >= 15 is 0 Å². The van der Waals surface area contributed by atoms with Gasteiger partial charge in [-0.25, -0.2) is 9.71 Å². The first kappa shape index (κ1) is 15.8. The molecule has 0 radical (unpaired) electrons. The van der Waals surface area contributed by atoms with Crippen LogP contribution in [0.15, 0.2) is 11.6 Å². The van der Waals surface area contributed by atoms with Crippen molar-refractivity contribution in [3.8, 4) is 0 Å². The van der Waals surface area contributed by atoms with Crippen molar-refractivity contribution in [2.24, 2.45) is 11.7 Å². The number of thiazole rings is 1. The molecular formula is C12H22N4O2S2. The van der Waals surface area contributed by atoms with Gasteiger partial charge in [-0.2, -0.15) is 12.7 Å². The average molecular weight is 318 g/mol. The quantitative estimate of drug-likeness (QED) is 0.810. The van der Waals surface area contributed by atoms with Gasteiger partial charge in [0.1, 0.15) is 0 Å². The van der Waals surface area contributed by atoms with Gasteiger partial charge in [-0.05, 0) is 25.3 Å². The first-order valence-corrected chi connectivity index (χ1v) is 9.19. The molecule has 1 aliphatic heterocycles. The van der Waals surface area contributed by atoms with Gasteiger partial charge in [-0.15, -0.1) is 11.3 Å². The molecule has 1 aromatic rings. The van der Waals surface area contributed by atoms with Crippen molar-refractivity contribution in [1.82, 2.24) is 14.0 Å². The van der Waals surface area contributed by atoms with E-state index in [1.54, 1.807) is 17.5 Å². The lowest BCUT2D eigenvalue weighted by Gasteiger charge is -2.31. The van der Waals surface area contributed by atoms with Crippen molar-refractivity contribution in [3.63, 3.8) is 0 Å². The molecule has 1 aromatic heterocycles. The SMILES string of the molecule is CC(CNS(=O)(=O)N1CCCC(CN)C1)c1nccs1. The fraction of sp³-hybridized carbons (Fsp3) is 0.750. The predicted molar refractivity (Wildman–Crippen MR) is 80.8 cm³/mol. The summed E-state index contributed by atoms with van der Waals surface area (Å²) in [5.41, 5.74) is 5.65. The smallest absolute Gasteiger partial charge is 0.279 e. The van der Waals surface area contributed by atoms with E-state index in [9.17, 15) is 8.42 Å². The Balaban J connectivity index is 1.90. The average Bonchev–Trinajstić information content (AvgIpc) is 2.99. The summed E-state index contributed by atoms with van der Waals surface area (Å²) in [5, 5.41) is 2.85. The summed E-state index contributed by atoms with van der Waals surface area (Å²) in [5.74, 6) is 0.358. The standard InChI is InChI=1S/C12H22N4O2S2/c1-10(12-14-4-6-19-12)8-15-20(17,18)16-5-2-3-11(7-13)9-16/h4,6,10-11,15H,2-3,5,7-9,13H2,1H3. The third kappa shape index (κ3) is 3.98. The van der Waals surface area contributed by atoms with Crippen LogP contribution in [0.1, 0.15) is 30.7 Å². The van der Waals surface area contributed by atoms with Gasteiger partial charge in [-0.1, -0.05) is 6.92 Å². The molecule has 1 saturated heterocycles. The minimum Gasteiger partial charge on any atom is -0.330 e. The largest absolute Gasteiger partial charge is 0.330 e. The van der Waals surface area contributed by atoms with Crippen molar-refractivity contribution in [3.05, 3.63) is 16.6 Å². The highest BCUT2D eigenvalue weighted by molar-refractivity contribution is 7.87. The summed E-state index contributed by atoms with van der Waals surface area (Å²) in [6, 6.07) is 0. The van der Waals surface area contributed by atoms with Gasteiger partial charge in [0.2, 0.25) is 0 Å². The van der Waals surface area contributed by atoms with Crippen LogP contribution in [0.25, 0.3) is 0 Å². The Labute approximate surface area is 124 Å². The number of piperidine rings is 1. The summed E-state index contributed by atoms with van der Waals surface area (Å²) in [6.07, 6.45) is 3.63. The van der Waals surface area contributed by atoms with Crippen molar-refractivity contribution in [2.75, 3.05) is 26.2 Å². The zero-order valence-electron chi connectivity index (χ0n) is 11.7. The van der Waals surface area contributed by atoms with Crippen LogP contribution >= 0.6 is 11.3 Å². The molecule has 2 unspecified atom stereocenters. The van der Waals surface area contributed by atoms with Gasteiger partial charge in [-0.3, -0.25) is 0 Å². The fourth-order valence-electron chi connectivity index (χ4n) is 2.32. The Kier molecular flexibility index (Phi) is 5.50. The Hall–Kier alpha value is -0.540. The van der Waals surface area contributed by atoms with E-state index in [1.165, 1.54) is 4.31 Å². The number of aromatic nitrogens is 1. The first-order chi connectivity index (χ1) is 9.53. The number of nitrogens with two attached hydrogens (primary N) is 1. The van der Waals surface area contributed by atoms with Gasteiger partial charge < -0.3 is 5.73 Å². The van der Waals surface area contributed by atoms with E-state index in [4.69, 9.17) is 5.73 Å². The van der Waals surface area contributed by atoms with Crippen molar-refractivity contribution in [1.29, 1.82) is 0 Å². The van der Waals surface area contributed by atoms with E-state index in [1.807, 2.05) is 12.3 Å². The molecule has 2 rings (SSSR count). The summed E-state index contributed by atoms with van der Waals surface area (Å²) >= 11 is 1.55. The summed E-state index contributed by atoms with van der Waals surface area (Å²) < 4.78 is 28.8. The molecule has 2 atom stereocenters. The lowest BCUT2D eigenvalue weighted by atomic mass is 10.0. The molecule has 0 saturated carbocycles. The lowest BCUT2D eigenvalue weighted by molar-refractivity contribution is 0.268. The highest BCUT2D eigenvalue weighted by Crippen LogP contribution is 2.19. The van der Waals surface area contributed by atoms with Gasteiger partial charge in [0.15, 0.2) is 0 Å². The molecule has 20 heavy (non-hydrogen) atoms. The second-order valence-corrected chi connectivity index (χ2v) is 7.91. The molecule has 0 aliphatic carbocycles. The number of nitrogens with zero attached hydrogens (tertiary/aromatic N) is 2. The molecule has 114 valence electrons. The number of nitrogens with one attached hydrogen (secondary N) is 1. The van der Waals surface area contributed by atoms with Crippen molar-refractivity contribution in [2.45, 2.75) is 25.7 Å². The van der Waals surface area contributed by atoms with E-state index in [-0.39, 0.29) is 11.8 Å². The molecule has 0 spiro atoms. The molecule has 8 heteroatoms. The van der Waals surface area contributed by atoms with E-state index in [0.717, 1.165) is 17.8 Å². The first-order valence-electron chi connectivity index (χ1n) is 6.87. The van der Waals surface area contributed by atoms with Gasteiger partial charge >= 0.3 is 0 Å². The number of hydrogen-bond donors (Lipinski definition) is 2. The monoisotopic (exact) mass is 318 g/mol. The van der Waals surface area contributed by atoms with Crippen molar-refractivity contribution >= 4 is 21.5 Å². The fourth-order valence-corrected chi connectivity index (χ4v) is 4.44.